The molecule has 2 aromatic carbocycles. The molecule has 26 heavy (non-hydrogen) atoms. The van der Waals surface area contributed by atoms with E-state index in [-0.39, 0.29) is 12.3 Å². The summed E-state index contributed by atoms with van der Waals surface area (Å²) in [4.78, 5) is 12.2. The number of nitrogens with one attached hydrogen (secondary N) is 1. The molecule has 1 N–H and O–H groups in total. The Kier molecular flexibility index (Phi) is 6.25. The summed E-state index contributed by atoms with van der Waals surface area (Å²) in [6.45, 7) is 1.96. The van der Waals surface area contributed by atoms with Crippen LogP contribution in [0.15, 0.2) is 52.9 Å². The molecule has 0 bridgehead atoms. The summed E-state index contributed by atoms with van der Waals surface area (Å²) in [5.41, 5.74) is 3.17. The second-order valence-corrected chi connectivity index (χ2v) is 7.88. The number of carbonyl (C=O) groups excluding carboxylic acids is 1. The van der Waals surface area contributed by atoms with Gasteiger partial charge in [-0.1, -0.05) is 65.6 Å². The molecule has 3 rings (SSSR count). The molecule has 0 saturated heterocycles. The van der Waals surface area contributed by atoms with E-state index in [4.69, 9.17) is 4.74 Å². The van der Waals surface area contributed by atoms with Gasteiger partial charge in [0.25, 0.3) is 0 Å². The maximum absolute atomic E-state index is 12.2. The summed E-state index contributed by atoms with van der Waals surface area (Å²) in [5, 5.41) is 11.5. The van der Waals surface area contributed by atoms with Gasteiger partial charge in [0.1, 0.15) is 5.75 Å². The average molecular weight is 386 g/mol. The standard InChI is InChI=1S/C19H19N3O2S2/c1-13-10-15(8-9-16(13)24-2)11-17(23)20-18-21-22-19(26-18)25-12-14-6-4-3-5-7-14/h3-10H,11-12H2,1-2H3,(H,20,21,23). The van der Waals surface area contributed by atoms with Crippen molar-refractivity contribution in [1.29, 1.82) is 0 Å². The quantitative estimate of drug-likeness (QED) is 0.484. The lowest BCUT2D eigenvalue weighted by atomic mass is 10.1. The molecule has 1 amide bonds. The first kappa shape index (κ1) is 18.4. The van der Waals surface area contributed by atoms with Crippen LogP contribution < -0.4 is 10.1 Å². The van der Waals surface area contributed by atoms with Crippen LogP contribution in [0.25, 0.3) is 0 Å². The van der Waals surface area contributed by atoms with Gasteiger partial charge in [-0.2, -0.15) is 0 Å². The number of aryl methyl sites for hydroxylation is 1. The molecular weight excluding hydrogens is 366 g/mol. The maximum atomic E-state index is 12.2. The third-order valence-corrected chi connectivity index (χ3v) is 5.73. The summed E-state index contributed by atoms with van der Waals surface area (Å²) in [6.07, 6.45) is 0.289. The molecule has 0 atom stereocenters. The third kappa shape index (κ3) is 5.06. The smallest absolute Gasteiger partial charge is 0.230 e. The number of hydrogen-bond acceptors (Lipinski definition) is 6. The van der Waals surface area contributed by atoms with Gasteiger partial charge >= 0.3 is 0 Å². The monoisotopic (exact) mass is 385 g/mol. The molecule has 0 radical (unpaired) electrons. The van der Waals surface area contributed by atoms with Gasteiger partial charge in [-0.15, -0.1) is 10.2 Å². The highest BCUT2D eigenvalue weighted by atomic mass is 32.2. The lowest BCUT2D eigenvalue weighted by Crippen LogP contribution is -2.14. The van der Waals surface area contributed by atoms with Crippen LogP contribution >= 0.6 is 23.1 Å². The fourth-order valence-electron chi connectivity index (χ4n) is 2.44. The molecule has 3 aromatic rings. The topological polar surface area (TPSA) is 64.1 Å². The number of amides is 1. The molecule has 5 nitrogen and oxygen atoms in total. The zero-order valence-corrected chi connectivity index (χ0v) is 16.2. The van der Waals surface area contributed by atoms with Gasteiger partial charge in [-0.25, -0.2) is 0 Å². The predicted molar refractivity (Wildman–Crippen MR) is 106 cm³/mol. The third-order valence-electron chi connectivity index (χ3n) is 3.68. The maximum Gasteiger partial charge on any atom is 0.230 e. The molecule has 134 valence electrons. The van der Waals surface area contributed by atoms with Crippen LogP contribution in [0.5, 0.6) is 5.75 Å². The number of thioether (sulfide) groups is 1. The molecule has 0 unspecified atom stereocenters. The van der Waals surface area contributed by atoms with Crippen LogP contribution in [0.3, 0.4) is 0 Å². The number of carbonyl (C=O) groups is 1. The van der Waals surface area contributed by atoms with Crippen LogP contribution in [0, 0.1) is 6.92 Å². The van der Waals surface area contributed by atoms with Crippen molar-refractivity contribution in [3.63, 3.8) is 0 Å². The Morgan fingerprint density at radius 3 is 2.69 bits per heavy atom. The van der Waals surface area contributed by atoms with Crippen LogP contribution in [0.1, 0.15) is 16.7 Å². The van der Waals surface area contributed by atoms with Gasteiger partial charge in [0.2, 0.25) is 11.0 Å². The molecule has 0 aliphatic carbocycles. The van der Waals surface area contributed by atoms with Crippen LogP contribution in [-0.2, 0) is 17.0 Å². The Labute approximate surface area is 160 Å². The Balaban J connectivity index is 1.53. The Bertz CT molecular complexity index is 882. The summed E-state index contributed by atoms with van der Waals surface area (Å²) < 4.78 is 6.08. The molecular formula is C19H19N3O2S2. The number of aromatic nitrogens is 2. The molecule has 1 heterocycles. The molecule has 0 saturated carbocycles. The number of hydrogen-bond donors (Lipinski definition) is 1. The molecule has 1 aromatic heterocycles. The summed E-state index contributed by atoms with van der Waals surface area (Å²) in [6, 6.07) is 15.9. The van der Waals surface area contributed by atoms with E-state index in [1.807, 2.05) is 43.3 Å². The molecule has 0 aliphatic rings. The number of ether oxygens (including phenoxy) is 1. The normalized spacial score (nSPS) is 10.5. The number of methoxy groups -OCH3 is 1. The van der Waals surface area contributed by atoms with E-state index in [2.05, 4.69) is 27.6 Å². The van der Waals surface area contributed by atoms with E-state index in [1.165, 1.54) is 16.9 Å². The number of rotatable bonds is 7. The fraction of sp³-hybridized carbons (Fsp3) is 0.211. The minimum atomic E-state index is -0.106. The fourth-order valence-corrected chi connectivity index (χ4v) is 4.16. The molecule has 0 aliphatic heterocycles. The molecule has 7 heteroatoms. The highest BCUT2D eigenvalue weighted by Gasteiger charge is 2.10. The minimum absolute atomic E-state index is 0.106. The van der Waals surface area contributed by atoms with Crippen molar-refractivity contribution in [2.75, 3.05) is 12.4 Å². The van der Waals surface area contributed by atoms with Crippen molar-refractivity contribution < 1.29 is 9.53 Å². The second-order valence-electron chi connectivity index (χ2n) is 5.68. The summed E-state index contributed by atoms with van der Waals surface area (Å²) in [7, 11) is 1.64. The van der Waals surface area contributed by atoms with Crippen molar-refractivity contribution in [3.8, 4) is 5.75 Å². The average Bonchev–Trinajstić information content (AvgIpc) is 3.08. The van der Waals surface area contributed by atoms with Crippen LogP contribution in [0.4, 0.5) is 5.13 Å². The van der Waals surface area contributed by atoms with Crippen LogP contribution in [-0.4, -0.2) is 23.2 Å². The SMILES string of the molecule is COc1ccc(CC(=O)Nc2nnc(SCc3ccccc3)s2)cc1C. The number of nitrogens with zero attached hydrogens (tertiary/aromatic N) is 2. The summed E-state index contributed by atoms with van der Waals surface area (Å²) in [5.74, 6) is 1.54. The largest absolute Gasteiger partial charge is 0.496 e. The molecule has 0 fully saturated rings. The molecule has 0 spiro atoms. The van der Waals surface area contributed by atoms with Gasteiger partial charge in [-0.3, -0.25) is 4.79 Å². The van der Waals surface area contributed by atoms with E-state index in [9.17, 15) is 4.79 Å². The Morgan fingerprint density at radius 2 is 1.96 bits per heavy atom. The van der Waals surface area contributed by atoms with Crippen molar-refractivity contribution in [3.05, 3.63) is 65.2 Å². The first-order chi connectivity index (χ1) is 12.6. The van der Waals surface area contributed by atoms with E-state index in [0.29, 0.717) is 5.13 Å². The minimum Gasteiger partial charge on any atom is -0.496 e. The van der Waals surface area contributed by atoms with E-state index in [0.717, 1.165) is 27.0 Å². The Hall–Kier alpha value is -2.38. The summed E-state index contributed by atoms with van der Waals surface area (Å²) >= 11 is 3.00. The first-order valence-corrected chi connectivity index (χ1v) is 9.88. The number of benzene rings is 2. The highest BCUT2D eigenvalue weighted by Crippen LogP contribution is 2.28. The van der Waals surface area contributed by atoms with E-state index in [1.54, 1.807) is 18.9 Å². The van der Waals surface area contributed by atoms with Gasteiger partial charge in [-0.05, 0) is 29.7 Å². The van der Waals surface area contributed by atoms with Crippen molar-refractivity contribution >= 4 is 34.1 Å². The zero-order chi connectivity index (χ0) is 18.4. The highest BCUT2D eigenvalue weighted by molar-refractivity contribution is 8.00. The van der Waals surface area contributed by atoms with Gasteiger partial charge in [0.15, 0.2) is 4.34 Å². The number of anilines is 1. The predicted octanol–water partition coefficient (Wildman–Crippen LogP) is 4.33. The lowest BCUT2D eigenvalue weighted by molar-refractivity contribution is -0.115. The van der Waals surface area contributed by atoms with E-state index < -0.39 is 0 Å². The lowest BCUT2D eigenvalue weighted by Gasteiger charge is -2.07. The van der Waals surface area contributed by atoms with Crippen molar-refractivity contribution in [2.45, 2.75) is 23.4 Å². The van der Waals surface area contributed by atoms with Gasteiger partial charge < -0.3 is 10.1 Å². The van der Waals surface area contributed by atoms with Gasteiger partial charge in [0, 0.05) is 5.75 Å². The Morgan fingerprint density at radius 1 is 1.15 bits per heavy atom. The van der Waals surface area contributed by atoms with E-state index >= 15 is 0 Å². The first-order valence-electron chi connectivity index (χ1n) is 8.07. The van der Waals surface area contributed by atoms with Gasteiger partial charge in [0.05, 0.1) is 13.5 Å². The second kappa shape index (κ2) is 8.82. The van der Waals surface area contributed by atoms with Crippen molar-refractivity contribution in [2.24, 2.45) is 0 Å². The van der Waals surface area contributed by atoms with Crippen LogP contribution in [0.2, 0.25) is 0 Å². The van der Waals surface area contributed by atoms with Crippen molar-refractivity contribution in [1.82, 2.24) is 10.2 Å². The zero-order valence-electron chi connectivity index (χ0n) is 14.6.